The van der Waals surface area contributed by atoms with E-state index in [0.29, 0.717) is 6.54 Å². The largest absolute Gasteiger partial charge is 0.444 e. The number of hydrogen-bond acceptors (Lipinski definition) is 4. The average molecular weight is 614 g/mol. The van der Waals surface area contributed by atoms with Gasteiger partial charge in [0.15, 0.2) is 0 Å². The summed E-state index contributed by atoms with van der Waals surface area (Å²) in [5, 5.41) is 0. The van der Waals surface area contributed by atoms with Gasteiger partial charge in [0.1, 0.15) is 13.2 Å². The third kappa shape index (κ3) is 7.72. The number of amides is 2. The molecule has 4 aromatic carbocycles. The van der Waals surface area contributed by atoms with Gasteiger partial charge in [0.25, 0.3) is 0 Å². The van der Waals surface area contributed by atoms with Crippen LogP contribution in [-0.2, 0) is 29.2 Å². The maximum atomic E-state index is 14.2. The number of benzene rings is 4. The van der Waals surface area contributed by atoms with Gasteiger partial charge in [-0.25, -0.2) is 14.5 Å². The second kappa shape index (κ2) is 15.2. The molecule has 2 fully saturated rings. The van der Waals surface area contributed by atoms with Gasteiger partial charge in [-0.3, -0.25) is 0 Å². The Labute approximate surface area is 270 Å². The summed E-state index contributed by atoms with van der Waals surface area (Å²) in [5.41, 5.74) is 4.47. The molecule has 7 nitrogen and oxygen atoms in total. The summed E-state index contributed by atoms with van der Waals surface area (Å²) in [7, 11) is 0. The van der Waals surface area contributed by atoms with Gasteiger partial charge < -0.3 is 14.4 Å². The molecule has 1 saturated heterocycles. The highest BCUT2D eigenvalue weighted by atomic mass is 16.6. The first-order valence-corrected chi connectivity index (χ1v) is 16.0. The second-order valence-electron chi connectivity index (χ2n) is 11.8. The quantitative estimate of drug-likeness (QED) is 0.199. The van der Waals surface area contributed by atoms with Crippen molar-refractivity contribution in [3.63, 3.8) is 0 Å². The summed E-state index contributed by atoms with van der Waals surface area (Å²) < 4.78 is 11.6. The Morgan fingerprint density at radius 2 is 1.20 bits per heavy atom. The van der Waals surface area contributed by atoms with Crippen LogP contribution in [0.25, 0.3) is 6.08 Å². The molecule has 234 valence electrons. The molecule has 2 amide bonds. The van der Waals surface area contributed by atoms with Crippen LogP contribution >= 0.6 is 0 Å². The number of nitrogens with zero attached hydrogens (tertiary/aromatic N) is 3. The van der Waals surface area contributed by atoms with Gasteiger partial charge in [0.05, 0.1) is 11.7 Å². The predicted molar refractivity (Wildman–Crippen MR) is 179 cm³/mol. The molecule has 1 saturated carbocycles. The summed E-state index contributed by atoms with van der Waals surface area (Å²) in [5.74, 6) is 0.475. The molecular weight excluding hydrogens is 574 g/mol. The first-order chi connectivity index (χ1) is 22.7. The Morgan fingerprint density at radius 3 is 1.78 bits per heavy atom. The Kier molecular flexibility index (Phi) is 10.2. The number of carbonyl (C=O) groups excluding carboxylic acids is 2. The minimum absolute atomic E-state index is 0.0758. The van der Waals surface area contributed by atoms with Gasteiger partial charge in [-0.1, -0.05) is 141 Å². The van der Waals surface area contributed by atoms with Crippen LogP contribution in [0.1, 0.15) is 54.4 Å². The third-order valence-corrected chi connectivity index (χ3v) is 8.54. The predicted octanol–water partition coefficient (Wildman–Crippen LogP) is 8.82. The van der Waals surface area contributed by atoms with Crippen LogP contribution in [0.3, 0.4) is 0 Å². The molecule has 0 spiro atoms. The first kappa shape index (κ1) is 30.8. The van der Waals surface area contributed by atoms with Crippen LogP contribution in [-0.4, -0.2) is 34.0 Å². The van der Waals surface area contributed by atoms with Gasteiger partial charge in [-0.05, 0) is 47.1 Å². The molecule has 7 heteroatoms. The van der Waals surface area contributed by atoms with Crippen molar-refractivity contribution >= 4 is 24.2 Å². The summed E-state index contributed by atoms with van der Waals surface area (Å²) >= 11 is 0. The molecule has 0 aromatic heterocycles. The topological polar surface area (TPSA) is 71.4 Å². The van der Waals surface area contributed by atoms with E-state index >= 15 is 0 Å². The van der Waals surface area contributed by atoms with E-state index in [4.69, 9.17) is 9.47 Å². The van der Waals surface area contributed by atoms with Crippen molar-refractivity contribution in [2.45, 2.75) is 57.9 Å². The van der Waals surface area contributed by atoms with E-state index in [1.807, 2.05) is 115 Å². The van der Waals surface area contributed by atoms with Gasteiger partial charge >= 0.3 is 12.2 Å². The lowest BCUT2D eigenvalue weighted by Crippen LogP contribution is -2.41. The zero-order valence-corrected chi connectivity index (χ0v) is 25.9. The maximum absolute atomic E-state index is 14.2. The van der Waals surface area contributed by atoms with Crippen molar-refractivity contribution in [1.29, 1.82) is 0 Å². The Bertz CT molecular complexity index is 1640. The fourth-order valence-corrected chi connectivity index (χ4v) is 6.34. The Morgan fingerprint density at radius 1 is 0.674 bits per heavy atom. The second-order valence-corrected chi connectivity index (χ2v) is 11.8. The van der Waals surface area contributed by atoms with Crippen molar-refractivity contribution in [3.05, 3.63) is 149 Å². The maximum Gasteiger partial charge on any atom is 0.437 e. The van der Waals surface area contributed by atoms with Gasteiger partial charge in [-0.2, -0.15) is 0 Å². The Balaban J connectivity index is 1.44. The van der Waals surface area contributed by atoms with Crippen LogP contribution in [0.4, 0.5) is 9.59 Å². The SMILES string of the molecule is O=C(/N=C1/N(C(=O)OCc2ccccc2)/C(=C/c2ccccc2)C(C2CCCCC2)N1Cc1ccccc1)OCc1ccccc1. The lowest BCUT2D eigenvalue weighted by molar-refractivity contribution is 0.123. The van der Waals surface area contributed by atoms with Crippen molar-refractivity contribution in [2.24, 2.45) is 10.9 Å². The molecule has 1 aliphatic heterocycles. The summed E-state index contributed by atoms with van der Waals surface area (Å²) in [6.07, 6.45) is 6.14. The highest BCUT2D eigenvalue weighted by molar-refractivity contribution is 6.04. The molecule has 1 atom stereocenters. The highest BCUT2D eigenvalue weighted by Gasteiger charge is 2.48. The number of ether oxygens (including phenoxy) is 2. The highest BCUT2D eigenvalue weighted by Crippen LogP contribution is 2.41. The molecule has 1 heterocycles. The Hall–Kier alpha value is -5.17. The van der Waals surface area contributed by atoms with Crippen LogP contribution in [0, 0.1) is 5.92 Å². The molecular formula is C39H39N3O4. The van der Waals surface area contributed by atoms with Crippen molar-refractivity contribution < 1.29 is 19.1 Å². The lowest BCUT2D eigenvalue weighted by Gasteiger charge is -2.34. The minimum atomic E-state index is -0.763. The fraction of sp³-hybridized carbons (Fsp3) is 0.256. The fourth-order valence-electron chi connectivity index (χ4n) is 6.34. The normalized spacial score (nSPS) is 18.6. The number of carbonyl (C=O) groups is 2. The van der Waals surface area contributed by atoms with E-state index in [2.05, 4.69) is 22.0 Å². The molecule has 4 aromatic rings. The molecule has 0 bridgehead atoms. The zero-order chi connectivity index (χ0) is 31.6. The third-order valence-electron chi connectivity index (χ3n) is 8.54. The van der Waals surface area contributed by atoms with Crippen molar-refractivity contribution in [2.75, 3.05) is 0 Å². The van der Waals surface area contributed by atoms with E-state index < -0.39 is 12.2 Å². The minimum Gasteiger partial charge on any atom is -0.444 e. The van der Waals surface area contributed by atoms with E-state index in [1.54, 1.807) is 0 Å². The van der Waals surface area contributed by atoms with Crippen LogP contribution in [0.5, 0.6) is 0 Å². The number of guanidine groups is 1. The van der Waals surface area contributed by atoms with E-state index in [9.17, 15) is 9.59 Å². The van der Waals surface area contributed by atoms with Crippen LogP contribution in [0.2, 0.25) is 0 Å². The monoisotopic (exact) mass is 613 g/mol. The summed E-state index contributed by atoms with van der Waals surface area (Å²) in [6, 6.07) is 38.9. The van der Waals surface area contributed by atoms with Crippen LogP contribution < -0.4 is 0 Å². The number of rotatable bonds is 8. The zero-order valence-electron chi connectivity index (χ0n) is 25.9. The smallest absolute Gasteiger partial charge is 0.437 e. The average Bonchev–Trinajstić information content (AvgIpc) is 3.39. The number of hydrogen-bond donors (Lipinski definition) is 0. The molecule has 0 radical (unpaired) electrons. The summed E-state index contributed by atoms with van der Waals surface area (Å²) in [6.45, 7) is 0.626. The van der Waals surface area contributed by atoms with E-state index in [-0.39, 0.29) is 31.1 Å². The van der Waals surface area contributed by atoms with Gasteiger partial charge in [-0.15, -0.1) is 4.99 Å². The lowest BCUT2D eigenvalue weighted by atomic mass is 9.82. The molecule has 6 rings (SSSR count). The molecule has 2 aliphatic rings. The van der Waals surface area contributed by atoms with Gasteiger partial charge in [0.2, 0.25) is 5.96 Å². The molecule has 1 unspecified atom stereocenters. The number of aliphatic imine (C=N–C) groups is 1. The molecule has 46 heavy (non-hydrogen) atoms. The van der Waals surface area contributed by atoms with E-state index in [1.165, 1.54) is 11.3 Å². The van der Waals surface area contributed by atoms with Crippen molar-refractivity contribution in [1.82, 2.24) is 9.80 Å². The first-order valence-electron chi connectivity index (χ1n) is 16.0. The van der Waals surface area contributed by atoms with Crippen molar-refractivity contribution in [3.8, 4) is 0 Å². The summed E-state index contributed by atoms with van der Waals surface area (Å²) in [4.78, 5) is 35.8. The standard InChI is InChI=1S/C39H39N3O4/c43-38(45-28-32-20-10-3-11-21-32)40-37-41(27-31-18-8-2-9-19-31)36(34-24-14-5-15-25-34)35(26-30-16-6-1-7-17-30)42(37)39(44)46-29-33-22-12-4-13-23-33/h1-4,6-13,16-23,26,34,36H,5,14-15,24-25,27-29H2/b35-26+,40-37+. The molecule has 1 aliphatic carbocycles. The van der Waals surface area contributed by atoms with Crippen LogP contribution in [0.15, 0.2) is 132 Å². The van der Waals surface area contributed by atoms with E-state index in [0.717, 1.165) is 53.6 Å². The van der Waals surface area contributed by atoms with Gasteiger partial charge in [0, 0.05) is 6.54 Å². The molecule has 0 N–H and O–H groups in total.